The lowest BCUT2D eigenvalue weighted by molar-refractivity contribution is 0.242. The highest BCUT2D eigenvalue weighted by atomic mass is 16.5. The summed E-state index contributed by atoms with van der Waals surface area (Å²) in [5.41, 5.74) is 1.48. The van der Waals surface area contributed by atoms with Gasteiger partial charge in [-0.25, -0.2) is 0 Å². The van der Waals surface area contributed by atoms with Gasteiger partial charge in [0.25, 0.3) is 0 Å². The predicted octanol–water partition coefficient (Wildman–Crippen LogP) is 4.21. The molecule has 1 aromatic carbocycles. The number of nitrogens with one attached hydrogen (secondary N) is 1. The van der Waals surface area contributed by atoms with E-state index in [1.54, 1.807) is 0 Å². The molecule has 1 aliphatic rings. The Labute approximate surface area is 123 Å². The Balaban J connectivity index is 2.07. The van der Waals surface area contributed by atoms with Gasteiger partial charge in [-0.1, -0.05) is 26.0 Å². The molecule has 2 nitrogen and oxygen atoms in total. The normalized spacial score (nSPS) is 23.3. The fourth-order valence-corrected chi connectivity index (χ4v) is 3.28. The van der Waals surface area contributed by atoms with E-state index in [0.717, 1.165) is 30.7 Å². The minimum absolute atomic E-state index is 0.244. The second kappa shape index (κ2) is 7.12. The number of piperidine rings is 1. The largest absolute Gasteiger partial charge is 0.491 e. The second-order valence-electron chi connectivity index (χ2n) is 6.72. The maximum Gasteiger partial charge on any atom is 0.119 e. The highest BCUT2D eigenvalue weighted by molar-refractivity contribution is 5.30. The Bertz CT molecular complexity index is 396. The molecule has 1 fully saturated rings. The zero-order valence-electron chi connectivity index (χ0n) is 13.4. The van der Waals surface area contributed by atoms with Crippen LogP contribution in [0.5, 0.6) is 5.75 Å². The van der Waals surface area contributed by atoms with Crippen molar-refractivity contribution in [3.05, 3.63) is 29.8 Å². The van der Waals surface area contributed by atoms with Crippen LogP contribution in [0.2, 0.25) is 0 Å². The summed E-state index contributed by atoms with van der Waals surface area (Å²) in [7, 11) is 0. The summed E-state index contributed by atoms with van der Waals surface area (Å²) in [6, 6.07) is 8.79. The van der Waals surface area contributed by atoms with E-state index in [1.807, 2.05) is 0 Å². The van der Waals surface area contributed by atoms with Crippen LogP contribution < -0.4 is 10.1 Å². The molecule has 0 aromatic heterocycles. The standard InChI is InChI=1S/C18H29NO/c1-13(2)11-16-12-19-10-9-18(16)15-5-7-17(8-6-15)20-14(3)4/h5-8,13-14,16,18-19H,9-12H2,1-4H3. The molecular formula is C18H29NO. The van der Waals surface area contributed by atoms with E-state index in [0.29, 0.717) is 5.92 Å². The Morgan fingerprint density at radius 3 is 2.45 bits per heavy atom. The van der Waals surface area contributed by atoms with Crippen LogP contribution in [-0.4, -0.2) is 19.2 Å². The zero-order chi connectivity index (χ0) is 14.5. The smallest absolute Gasteiger partial charge is 0.119 e. The third-order valence-electron chi connectivity index (χ3n) is 4.06. The van der Waals surface area contributed by atoms with Crippen LogP contribution in [0.1, 0.15) is 52.0 Å². The number of ether oxygens (including phenoxy) is 1. The van der Waals surface area contributed by atoms with Gasteiger partial charge in [-0.15, -0.1) is 0 Å². The first-order chi connectivity index (χ1) is 9.56. The molecule has 0 aliphatic carbocycles. The van der Waals surface area contributed by atoms with Crippen molar-refractivity contribution in [2.45, 2.75) is 52.6 Å². The van der Waals surface area contributed by atoms with E-state index >= 15 is 0 Å². The Hall–Kier alpha value is -1.02. The number of hydrogen-bond acceptors (Lipinski definition) is 2. The molecule has 0 amide bonds. The van der Waals surface area contributed by atoms with Crippen molar-refractivity contribution in [3.8, 4) is 5.75 Å². The summed E-state index contributed by atoms with van der Waals surface area (Å²) in [5, 5.41) is 3.55. The van der Waals surface area contributed by atoms with Gasteiger partial charge in [0.1, 0.15) is 5.75 Å². The molecule has 112 valence electrons. The highest BCUT2D eigenvalue weighted by Gasteiger charge is 2.26. The van der Waals surface area contributed by atoms with Gasteiger partial charge < -0.3 is 10.1 Å². The molecule has 1 heterocycles. The van der Waals surface area contributed by atoms with Gasteiger partial charge in [0, 0.05) is 0 Å². The van der Waals surface area contributed by atoms with Gasteiger partial charge in [0.15, 0.2) is 0 Å². The summed E-state index contributed by atoms with van der Waals surface area (Å²) in [6.45, 7) is 11.1. The molecule has 0 spiro atoms. The highest BCUT2D eigenvalue weighted by Crippen LogP contribution is 2.34. The fraction of sp³-hybridized carbons (Fsp3) is 0.667. The minimum Gasteiger partial charge on any atom is -0.491 e. The van der Waals surface area contributed by atoms with Crippen molar-refractivity contribution in [2.24, 2.45) is 11.8 Å². The van der Waals surface area contributed by atoms with Crippen LogP contribution >= 0.6 is 0 Å². The lowest BCUT2D eigenvalue weighted by Crippen LogP contribution is -2.36. The molecular weight excluding hydrogens is 246 g/mol. The third kappa shape index (κ3) is 4.24. The molecule has 1 aromatic rings. The Morgan fingerprint density at radius 2 is 1.85 bits per heavy atom. The van der Waals surface area contributed by atoms with E-state index in [1.165, 1.54) is 18.4 Å². The monoisotopic (exact) mass is 275 g/mol. The Morgan fingerprint density at radius 1 is 1.15 bits per heavy atom. The van der Waals surface area contributed by atoms with Crippen molar-refractivity contribution < 1.29 is 4.74 Å². The molecule has 1 aliphatic heterocycles. The van der Waals surface area contributed by atoms with Crippen LogP contribution in [0.15, 0.2) is 24.3 Å². The van der Waals surface area contributed by atoms with Gasteiger partial charge in [0.2, 0.25) is 0 Å². The first kappa shape index (κ1) is 15.4. The maximum absolute atomic E-state index is 5.74. The van der Waals surface area contributed by atoms with Crippen LogP contribution in [0.25, 0.3) is 0 Å². The van der Waals surface area contributed by atoms with E-state index in [9.17, 15) is 0 Å². The van der Waals surface area contributed by atoms with Crippen molar-refractivity contribution in [2.75, 3.05) is 13.1 Å². The summed E-state index contributed by atoms with van der Waals surface area (Å²) in [4.78, 5) is 0. The number of hydrogen-bond donors (Lipinski definition) is 1. The van der Waals surface area contributed by atoms with Crippen molar-refractivity contribution in [3.63, 3.8) is 0 Å². The summed E-state index contributed by atoms with van der Waals surface area (Å²) >= 11 is 0. The minimum atomic E-state index is 0.244. The van der Waals surface area contributed by atoms with Crippen molar-refractivity contribution in [1.29, 1.82) is 0 Å². The van der Waals surface area contributed by atoms with Crippen LogP contribution in [-0.2, 0) is 0 Å². The van der Waals surface area contributed by atoms with Crippen LogP contribution in [0.3, 0.4) is 0 Å². The van der Waals surface area contributed by atoms with Gasteiger partial charge in [-0.05, 0) is 75.2 Å². The topological polar surface area (TPSA) is 21.3 Å². The first-order valence-corrected chi connectivity index (χ1v) is 8.03. The SMILES string of the molecule is CC(C)CC1CNCCC1c1ccc(OC(C)C)cc1. The van der Waals surface area contributed by atoms with Gasteiger partial charge >= 0.3 is 0 Å². The first-order valence-electron chi connectivity index (χ1n) is 8.03. The third-order valence-corrected chi connectivity index (χ3v) is 4.06. The summed E-state index contributed by atoms with van der Waals surface area (Å²) in [5.74, 6) is 3.22. The lowest BCUT2D eigenvalue weighted by Gasteiger charge is -2.33. The second-order valence-corrected chi connectivity index (χ2v) is 6.72. The summed E-state index contributed by atoms with van der Waals surface area (Å²) < 4.78 is 5.74. The molecule has 2 atom stereocenters. The molecule has 0 radical (unpaired) electrons. The van der Waals surface area contributed by atoms with Crippen molar-refractivity contribution in [1.82, 2.24) is 5.32 Å². The fourth-order valence-electron chi connectivity index (χ4n) is 3.28. The molecule has 1 saturated heterocycles. The van der Waals surface area contributed by atoms with Gasteiger partial charge in [0.05, 0.1) is 6.10 Å². The van der Waals surface area contributed by atoms with Gasteiger partial charge in [-0.2, -0.15) is 0 Å². The molecule has 1 N–H and O–H groups in total. The molecule has 20 heavy (non-hydrogen) atoms. The number of rotatable bonds is 5. The molecule has 0 saturated carbocycles. The number of benzene rings is 1. The van der Waals surface area contributed by atoms with E-state index in [-0.39, 0.29) is 6.10 Å². The quantitative estimate of drug-likeness (QED) is 0.869. The zero-order valence-corrected chi connectivity index (χ0v) is 13.4. The predicted molar refractivity (Wildman–Crippen MR) is 85.4 cm³/mol. The average molecular weight is 275 g/mol. The molecule has 2 heteroatoms. The average Bonchev–Trinajstić information content (AvgIpc) is 2.39. The van der Waals surface area contributed by atoms with Gasteiger partial charge in [-0.3, -0.25) is 0 Å². The van der Waals surface area contributed by atoms with Crippen molar-refractivity contribution >= 4 is 0 Å². The van der Waals surface area contributed by atoms with E-state index < -0.39 is 0 Å². The molecule has 2 unspecified atom stereocenters. The Kier molecular flexibility index (Phi) is 5.47. The van der Waals surface area contributed by atoms with Crippen LogP contribution in [0, 0.1) is 11.8 Å². The van der Waals surface area contributed by atoms with E-state index in [4.69, 9.17) is 4.74 Å². The molecule has 2 rings (SSSR count). The molecule has 0 bridgehead atoms. The maximum atomic E-state index is 5.74. The van der Waals surface area contributed by atoms with E-state index in [2.05, 4.69) is 57.3 Å². The summed E-state index contributed by atoms with van der Waals surface area (Å²) in [6.07, 6.45) is 2.80. The van der Waals surface area contributed by atoms with Crippen LogP contribution in [0.4, 0.5) is 0 Å². The lowest BCUT2D eigenvalue weighted by atomic mass is 9.77.